The molecule has 13 heavy (non-hydrogen) atoms. The van der Waals surface area contributed by atoms with Crippen molar-refractivity contribution in [2.45, 2.75) is 13.8 Å². The second kappa shape index (κ2) is 4.23. The summed E-state index contributed by atoms with van der Waals surface area (Å²) in [5.74, 6) is 0.375. The van der Waals surface area contributed by atoms with Crippen LogP contribution < -0.4 is 0 Å². The van der Waals surface area contributed by atoms with Gasteiger partial charge in [0.15, 0.2) is 0 Å². The SMILES string of the molecule is CC(C)C(=Cc1cncn1C)CO. The van der Waals surface area contributed by atoms with Crippen LogP contribution in [-0.4, -0.2) is 21.3 Å². The van der Waals surface area contributed by atoms with Crippen molar-refractivity contribution in [1.29, 1.82) is 0 Å². The molecule has 0 saturated carbocycles. The first kappa shape index (κ1) is 9.99. The number of aryl methyl sites for hydroxylation is 1. The lowest BCUT2D eigenvalue weighted by Gasteiger charge is -2.07. The minimum Gasteiger partial charge on any atom is -0.392 e. The fourth-order valence-corrected chi connectivity index (χ4v) is 1.09. The molecule has 0 aliphatic carbocycles. The molecule has 0 unspecified atom stereocenters. The third kappa shape index (κ3) is 2.42. The topological polar surface area (TPSA) is 38.0 Å². The van der Waals surface area contributed by atoms with Crippen LogP contribution in [0.1, 0.15) is 19.5 Å². The predicted molar refractivity (Wildman–Crippen MR) is 53.1 cm³/mol. The average molecular weight is 180 g/mol. The molecule has 0 bridgehead atoms. The van der Waals surface area contributed by atoms with E-state index in [9.17, 15) is 0 Å². The van der Waals surface area contributed by atoms with Gasteiger partial charge in [-0.1, -0.05) is 13.8 Å². The minimum absolute atomic E-state index is 0.114. The summed E-state index contributed by atoms with van der Waals surface area (Å²) in [5, 5.41) is 9.09. The van der Waals surface area contributed by atoms with Gasteiger partial charge >= 0.3 is 0 Å². The number of aliphatic hydroxyl groups is 1. The molecule has 1 heterocycles. The highest BCUT2D eigenvalue weighted by Crippen LogP contribution is 2.13. The number of hydrogen-bond acceptors (Lipinski definition) is 2. The summed E-state index contributed by atoms with van der Waals surface area (Å²) in [5.41, 5.74) is 2.06. The van der Waals surface area contributed by atoms with Gasteiger partial charge in [0.25, 0.3) is 0 Å². The number of aromatic nitrogens is 2. The zero-order valence-electron chi connectivity index (χ0n) is 8.36. The molecular weight excluding hydrogens is 164 g/mol. The second-order valence-electron chi connectivity index (χ2n) is 3.46. The molecule has 0 saturated heterocycles. The molecule has 0 fully saturated rings. The van der Waals surface area contributed by atoms with Crippen molar-refractivity contribution in [3.8, 4) is 0 Å². The molecule has 0 spiro atoms. The van der Waals surface area contributed by atoms with Gasteiger partial charge in [0.2, 0.25) is 0 Å². The number of rotatable bonds is 3. The van der Waals surface area contributed by atoms with E-state index >= 15 is 0 Å². The monoisotopic (exact) mass is 180 g/mol. The Balaban J connectivity index is 2.91. The van der Waals surface area contributed by atoms with E-state index in [-0.39, 0.29) is 6.61 Å². The van der Waals surface area contributed by atoms with Gasteiger partial charge in [-0.3, -0.25) is 0 Å². The molecule has 0 aliphatic rings. The molecule has 1 aromatic rings. The third-order valence-corrected chi connectivity index (χ3v) is 2.11. The molecule has 0 aliphatic heterocycles. The summed E-state index contributed by atoms with van der Waals surface area (Å²) in [6.07, 6.45) is 5.52. The largest absolute Gasteiger partial charge is 0.392 e. The smallest absolute Gasteiger partial charge is 0.0948 e. The van der Waals surface area contributed by atoms with E-state index in [1.165, 1.54) is 0 Å². The Morgan fingerprint density at radius 3 is 2.77 bits per heavy atom. The van der Waals surface area contributed by atoms with E-state index in [0.717, 1.165) is 11.3 Å². The Bertz CT molecular complexity index is 300. The summed E-state index contributed by atoms with van der Waals surface area (Å²) >= 11 is 0. The molecule has 3 heteroatoms. The fraction of sp³-hybridized carbons (Fsp3) is 0.500. The molecule has 1 rings (SSSR count). The van der Waals surface area contributed by atoms with Gasteiger partial charge in [-0.2, -0.15) is 0 Å². The van der Waals surface area contributed by atoms with E-state index in [1.54, 1.807) is 12.5 Å². The molecule has 0 radical (unpaired) electrons. The number of aliphatic hydroxyl groups excluding tert-OH is 1. The van der Waals surface area contributed by atoms with Gasteiger partial charge in [-0.05, 0) is 17.6 Å². The van der Waals surface area contributed by atoms with Gasteiger partial charge in [-0.25, -0.2) is 4.98 Å². The van der Waals surface area contributed by atoms with Crippen molar-refractivity contribution in [3.05, 3.63) is 23.8 Å². The Morgan fingerprint density at radius 2 is 2.38 bits per heavy atom. The molecule has 72 valence electrons. The van der Waals surface area contributed by atoms with Gasteiger partial charge < -0.3 is 9.67 Å². The standard InChI is InChI=1S/C10H16N2O/c1-8(2)9(6-13)4-10-5-11-7-12(10)3/h4-5,7-8,13H,6H2,1-3H3. The van der Waals surface area contributed by atoms with Gasteiger partial charge in [0, 0.05) is 7.05 Å². The lowest BCUT2D eigenvalue weighted by Crippen LogP contribution is -2.00. The predicted octanol–water partition coefficient (Wildman–Crippen LogP) is 1.45. The van der Waals surface area contributed by atoms with Crippen LogP contribution in [0.5, 0.6) is 0 Å². The van der Waals surface area contributed by atoms with Crippen LogP contribution in [0, 0.1) is 5.92 Å². The average Bonchev–Trinajstić information content (AvgIpc) is 2.46. The maximum atomic E-state index is 9.09. The Morgan fingerprint density at radius 1 is 1.69 bits per heavy atom. The second-order valence-corrected chi connectivity index (χ2v) is 3.46. The van der Waals surface area contributed by atoms with E-state index in [0.29, 0.717) is 5.92 Å². The molecular formula is C10H16N2O. The number of hydrogen-bond donors (Lipinski definition) is 1. The minimum atomic E-state index is 0.114. The zero-order valence-corrected chi connectivity index (χ0v) is 8.36. The molecule has 0 amide bonds. The third-order valence-electron chi connectivity index (χ3n) is 2.11. The maximum Gasteiger partial charge on any atom is 0.0948 e. The zero-order chi connectivity index (χ0) is 9.84. The summed E-state index contributed by atoms with van der Waals surface area (Å²) in [7, 11) is 1.94. The Kier molecular flexibility index (Phi) is 3.25. The first-order valence-corrected chi connectivity index (χ1v) is 4.42. The highest BCUT2D eigenvalue weighted by molar-refractivity contribution is 5.49. The normalized spacial score (nSPS) is 12.5. The van der Waals surface area contributed by atoms with Crippen molar-refractivity contribution < 1.29 is 5.11 Å². The number of nitrogens with zero attached hydrogens (tertiary/aromatic N) is 2. The van der Waals surface area contributed by atoms with Gasteiger partial charge in [0.05, 0.1) is 24.8 Å². The lowest BCUT2D eigenvalue weighted by atomic mass is 10.0. The number of imidazole rings is 1. The van der Waals surface area contributed by atoms with Gasteiger partial charge in [-0.15, -0.1) is 0 Å². The highest BCUT2D eigenvalue weighted by atomic mass is 16.3. The lowest BCUT2D eigenvalue weighted by molar-refractivity contribution is 0.320. The van der Waals surface area contributed by atoms with Crippen LogP contribution in [-0.2, 0) is 7.05 Å². The van der Waals surface area contributed by atoms with E-state index in [4.69, 9.17) is 5.11 Å². The van der Waals surface area contributed by atoms with Crippen LogP contribution in [0.4, 0.5) is 0 Å². The fourth-order valence-electron chi connectivity index (χ4n) is 1.09. The summed E-state index contributed by atoms with van der Waals surface area (Å²) < 4.78 is 1.93. The quantitative estimate of drug-likeness (QED) is 0.764. The first-order valence-electron chi connectivity index (χ1n) is 4.42. The maximum absolute atomic E-state index is 9.09. The highest BCUT2D eigenvalue weighted by Gasteiger charge is 2.02. The first-order chi connectivity index (χ1) is 6.15. The molecule has 1 aromatic heterocycles. The van der Waals surface area contributed by atoms with Crippen LogP contribution in [0.25, 0.3) is 6.08 Å². The molecule has 3 nitrogen and oxygen atoms in total. The summed E-state index contributed by atoms with van der Waals surface area (Å²) in [6.45, 7) is 4.25. The van der Waals surface area contributed by atoms with Crippen molar-refractivity contribution in [3.63, 3.8) is 0 Å². The van der Waals surface area contributed by atoms with Crippen molar-refractivity contribution in [2.24, 2.45) is 13.0 Å². The van der Waals surface area contributed by atoms with E-state index in [2.05, 4.69) is 18.8 Å². The summed E-state index contributed by atoms with van der Waals surface area (Å²) in [4.78, 5) is 4.01. The van der Waals surface area contributed by atoms with Crippen LogP contribution in [0.2, 0.25) is 0 Å². The summed E-state index contributed by atoms with van der Waals surface area (Å²) in [6, 6.07) is 0. The molecule has 0 aromatic carbocycles. The molecule has 1 N–H and O–H groups in total. The van der Waals surface area contributed by atoms with Crippen molar-refractivity contribution in [1.82, 2.24) is 9.55 Å². The molecule has 0 atom stereocenters. The van der Waals surface area contributed by atoms with E-state index in [1.807, 2.05) is 17.7 Å². The van der Waals surface area contributed by atoms with Crippen LogP contribution >= 0.6 is 0 Å². The van der Waals surface area contributed by atoms with Crippen LogP contribution in [0.15, 0.2) is 18.1 Å². The van der Waals surface area contributed by atoms with E-state index < -0.39 is 0 Å². The van der Waals surface area contributed by atoms with Crippen molar-refractivity contribution >= 4 is 6.08 Å². The van der Waals surface area contributed by atoms with Crippen LogP contribution in [0.3, 0.4) is 0 Å². The van der Waals surface area contributed by atoms with Gasteiger partial charge in [0.1, 0.15) is 0 Å². The van der Waals surface area contributed by atoms with Crippen molar-refractivity contribution in [2.75, 3.05) is 6.61 Å². The Hall–Kier alpha value is -1.09. The Labute approximate surface area is 78.7 Å².